The Bertz CT molecular complexity index is 1040. The topological polar surface area (TPSA) is 72.3 Å². The Labute approximate surface area is 184 Å². The highest BCUT2D eigenvalue weighted by Gasteiger charge is 2.27. The monoisotopic (exact) mass is 447 g/mol. The Morgan fingerprint density at radius 3 is 3.00 bits per heavy atom. The molecule has 0 aliphatic carbocycles. The number of esters is 1. The summed E-state index contributed by atoms with van der Waals surface area (Å²) in [4.78, 5) is 22.7. The smallest absolute Gasteiger partial charge is 0.306 e. The summed E-state index contributed by atoms with van der Waals surface area (Å²) in [5.41, 5.74) is 1.63. The molecule has 0 amide bonds. The molecule has 2 aromatic heterocycles. The summed E-state index contributed by atoms with van der Waals surface area (Å²) >= 11 is 12.8. The number of rotatable bonds is 7. The highest BCUT2D eigenvalue weighted by atomic mass is 35.5. The minimum Gasteiger partial charge on any atom is -0.469 e. The number of nitrogens with zero attached hydrogens (tertiary/aromatic N) is 4. The first kappa shape index (κ1) is 20.9. The van der Waals surface area contributed by atoms with Crippen molar-refractivity contribution < 1.29 is 9.53 Å². The average Bonchev–Trinajstić information content (AvgIpc) is 3.45. The number of halogens is 2. The van der Waals surface area contributed by atoms with Gasteiger partial charge in [0.2, 0.25) is 0 Å². The molecule has 0 saturated carbocycles. The molecule has 1 N–H and O–H groups in total. The van der Waals surface area contributed by atoms with Crippen LogP contribution in [0.15, 0.2) is 36.9 Å². The van der Waals surface area contributed by atoms with Gasteiger partial charge in [-0.05, 0) is 25.0 Å². The summed E-state index contributed by atoms with van der Waals surface area (Å²) in [6, 6.07) is 6.07. The van der Waals surface area contributed by atoms with E-state index in [1.165, 1.54) is 7.11 Å². The molecule has 4 rings (SSSR count). The van der Waals surface area contributed by atoms with E-state index in [1.54, 1.807) is 18.6 Å². The van der Waals surface area contributed by atoms with Crippen molar-refractivity contribution in [1.82, 2.24) is 19.9 Å². The van der Waals surface area contributed by atoms with Gasteiger partial charge in [0.1, 0.15) is 5.82 Å². The summed E-state index contributed by atoms with van der Waals surface area (Å²) in [7, 11) is 1.40. The summed E-state index contributed by atoms with van der Waals surface area (Å²) in [5.74, 6) is 0.645. The number of hydrogen-bond acceptors (Lipinski definition) is 6. The van der Waals surface area contributed by atoms with Gasteiger partial charge in [-0.15, -0.1) is 0 Å². The Kier molecular flexibility index (Phi) is 6.41. The number of nitrogens with one attached hydrogen (secondary N) is 1. The molecule has 3 aromatic rings. The lowest BCUT2D eigenvalue weighted by atomic mass is 10.1. The molecular weight excluding hydrogens is 425 g/mol. The van der Waals surface area contributed by atoms with Crippen LogP contribution >= 0.6 is 23.2 Å². The van der Waals surface area contributed by atoms with E-state index in [0.29, 0.717) is 28.5 Å². The van der Waals surface area contributed by atoms with Gasteiger partial charge in [-0.2, -0.15) is 0 Å². The Balaban J connectivity index is 1.64. The molecule has 1 aliphatic heterocycles. The van der Waals surface area contributed by atoms with E-state index in [2.05, 4.69) is 21.3 Å². The molecule has 1 fully saturated rings. The number of anilines is 1. The van der Waals surface area contributed by atoms with Crippen molar-refractivity contribution in [2.24, 2.45) is 0 Å². The van der Waals surface area contributed by atoms with Gasteiger partial charge in [0.25, 0.3) is 0 Å². The van der Waals surface area contributed by atoms with Crippen LogP contribution in [0.3, 0.4) is 0 Å². The van der Waals surface area contributed by atoms with Gasteiger partial charge in [-0.1, -0.05) is 23.2 Å². The van der Waals surface area contributed by atoms with E-state index in [9.17, 15) is 4.79 Å². The number of carbonyl (C=O) groups is 1. The molecule has 0 radical (unpaired) electrons. The van der Waals surface area contributed by atoms with E-state index in [1.807, 2.05) is 16.8 Å². The van der Waals surface area contributed by atoms with Crippen molar-refractivity contribution in [2.75, 3.05) is 31.6 Å². The maximum absolute atomic E-state index is 11.3. The largest absolute Gasteiger partial charge is 0.469 e. The third-order valence-electron chi connectivity index (χ3n) is 5.40. The lowest BCUT2D eigenvalue weighted by Gasteiger charge is -2.27. The lowest BCUT2D eigenvalue weighted by molar-refractivity contribution is -0.140. The van der Waals surface area contributed by atoms with Crippen LogP contribution in [0.5, 0.6) is 0 Å². The van der Waals surface area contributed by atoms with Gasteiger partial charge < -0.3 is 19.5 Å². The zero-order valence-corrected chi connectivity index (χ0v) is 18.2. The molecule has 1 unspecified atom stereocenters. The van der Waals surface area contributed by atoms with Gasteiger partial charge in [0, 0.05) is 49.5 Å². The highest BCUT2D eigenvalue weighted by molar-refractivity contribution is 6.45. The molecule has 0 bridgehead atoms. The minimum atomic E-state index is -0.210. The molecule has 1 aromatic carbocycles. The summed E-state index contributed by atoms with van der Waals surface area (Å²) in [6.45, 7) is 2.26. The van der Waals surface area contributed by atoms with Crippen LogP contribution in [-0.4, -0.2) is 53.3 Å². The maximum atomic E-state index is 11.3. The number of fused-ring (bicyclic) bond motifs is 1. The first-order chi connectivity index (χ1) is 14.6. The molecule has 7 nitrogen and oxygen atoms in total. The van der Waals surface area contributed by atoms with Crippen LogP contribution in [0.2, 0.25) is 10.0 Å². The predicted molar refractivity (Wildman–Crippen MR) is 119 cm³/mol. The van der Waals surface area contributed by atoms with Crippen LogP contribution in [-0.2, 0) is 9.53 Å². The van der Waals surface area contributed by atoms with Crippen molar-refractivity contribution in [3.63, 3.8) is 0 Å². The Morgan fingerprint density at radius 2 is 2.23 bits per heavy atom. The number of hydrogen-bond donors (Lipinski definition) is 1. The standard InChI is InChI=1S/C21H23Cl2N5O2/c1-30-19(29)6-7-24-12-14-3-2-9-28(14)18-11-17(27-10-8-25-13-27)15-4-5-16(22)20(23)21(15)26-18/h4-5,8,10-11,13-14,24H,2-3,6-7,9,12H2,1H3. The molecule has 3 heterocycles. The van der Waals surface area contributed by atoms with E-state index in [0.717, 1.165) is 42.8 Å². The highest BCUT2D eigenvalue weighted by Crippen LogP contribution is 2.36. The van der Waals surface area contributed by atoms with Crippen molar-refractivity contribution >= 4 is 45.9 Å². The van der Waals surface area contributed by atoms with Crippen molar-refractivity contribution in [2.45, 2.75) is 25.3 Å². The number of aromatic nitrogens is 3. The van der Waals surface area contributed by atoms with E-state index in [-0.39, 0.29) is 12.0 Å². The quantitative estimate of drug-likeness (QED) is 0.438. The lowest BCUT2D eigenvalue weighted by Crippen LogP contribution is -2.39. The molecule has 9 heteroatoms. The molecule has 1 aliphatic rings. The van der Waals surface area contributed by atoms with Gasteiger partial charge in [-0.3, -0.25) is 4.79 Å². The number of ether oxygens (including phenoxy) is 1. The van der Waals surface area contributed by atoms with Gasteiger partial charge in [-0.25, -0.2) is 9.97 Å². The second-order valence-electron chi connectivity index (χ2n) is 7.25. The fraction of sp³-hybridized carbons (Fsp3) is 0.381. The van der Waals surface area contributed by atoms with Gasteiger partial charge in [0.05, 0.1) is 41.1 Å². The van der Waals surface area contributed by atoms with E-state index >= 15 is 0 Å². The SMILES string of the molecule is COC(=O)CCNCC1CCCN1c1cc(-n2ccnc2)c2ccc(Cl)c(Cl)c2n1. The van der Waals surface area contributed by atoms with Crippen molar-refractivity contribution in [3.05, 3.63) is 47.0 Å². The zero-order valence-electron chi connectivity index (χ0n) is 16.6. The van der Waals surface area contributed by atoms with Crippen LogP contribution < -0.4 is 10.2 Å². The second kappa shape index (κ2) is 9.20. The molecule has 1 atom stereocenters. The number of benzene rings is 1. The molecule has 1 saturated heterocycles. The molecule has 30 heavy (non-hydrogen) atoms. The molecule has 0 spiro atoms. The number of methoxy groups -OCH3 is 1. The fourth-order valence-corrected chi connectivity index (χ4v) is 4.24. The Hall–Kier alpha value is -2.35. The minimum absolute atomic E-state index is 0.210. The first-order valence-electron chi connectivity index (χ1n) is 9.89. The van der Waals surface area contributed by atoms with Crippen LogP contribution in [0, 0.1) is 0 Å². The normalized spacial score (nSPS) is 16.4. The van der Waals surface area contributed by atoms with Crippen LogP contribution in [0.4, 0.5) is 5.82 Å². The summed E-state index contributed by atoms with van der Waals surface area (Å²) in [6.07, 6.45) is 7.89. The van der Waals surface area contributed by atoms with Crippen molar-refractivity contribution in [1.29, 1.82) is 0 Å². The number of imidazole rings is 1. The maximum Gasteiger partial charge on any atom is 0.306 e. The number of carbonyl (C=O) groups excluding carboxylic acids is 1. The average molecular weight is 448 g/mol. The van der Waals surface area contributed by atoms with Crippen LogP contribution in [0.25, 0.3) is 16.6 Å². The molecule has 158 valence electrons. The second-order valence-corrected chi connectivity index (χ2v) is 8.03. The third kappa shape index (κ3) is 4.24. The van der Waals surface area contributed by atoms with Crippen molar-refractivity contribution in [3.8, 4) is 5.69 Å². The summed E-state index contributed by atoms with van der Waals surface area (Å²) in [5, 5.41) is 5.20. The van der Waals surface area contributed by atoms with Crippen LogP contribution in [0.1, 0.15) is 19.3 Å². The predicted octanol–water partition coefficient (Wildman–Crippen LogP) is 3.85. The number of pyridine rings is 1. The van der Waals surface area contributed by atoms with Gasteiger partial charge >= 0.3 is 5.97 Å². The fourth-order valence-electron chi connectivity index (χ4n) is 3.88. The first-order valence-corrected chi connectivity index (χ1v) is 10.7. The Morgan fingerprint density at radius 1 is 1.37 bits per heavy atom. The summed E-state index contributed by atoms with van der Waals surface area (Å²) < 4.78 is 6.65. The molecular formula is C21H23Cl2N5O2. The van der Waals surface area contributed by atoms with Gasteiger partial charge in [0.15, 0.2) is 0 Å². The zero-order chi connectivity index (χ0) is 21.1. The third-order valence-corrected chi connectivity index (χ3v) is 6.20. The van der Waals surface area contributed by atoms with E-state index in [4.69, 9.17) is 32.9 Å². The van der Waals surface area contributed by atoms with E-state index < -0.39 is 0 Å².